The summed E-state index contributed by atoms with van der Waals surface area (Å²) in [6.45, 7) is 0.496. The zero-order valence-electron chi connectivity index (χ0n) is 9.73. The Morgan fingerprint density at radius 3 is 2.61 bits per heavy atom. The third-order valence-electron chi connectivity index (χ3n) is 2.44. The summed E-state index contributed by atoms with van der Waals surface area (Å²) in [5.41, 5.74) is 0.982. The minimum atomic E-state index is -0.249. The standard InChI is InChI=1S/C12H12ClFN2OS/c1-16(6-8-2-4-9(14)5-3-8)12-15-11(13)10(7-17)18-12/h2-5,17H,6-7H2,1H3. The zero-order chi connectivity index (χ0) is 13.1. The van der Waals surface area contributed by atoms with E-state index in [4.69, 9.17) is 16.7 Å². The highest BCUT2D eigenvalue weighted by molar-refractivity contribution is 7.16. The summed E-state index contributed by atoms with van der Waals surface area (Å²) in [6.07, 6.45) is 0. The summed E-state index contributed by atoms with van der Waals surface area (Å²) >= 11 is 7.22. The molecular weight excluding hydrogens is 275 g/mol. The SMILES string of the molecule is CN(Cc1ccc(F)cc1)c1nc(Cl)c(CO)s1. The molecule has 2 aromatic rings. The van der Waals surface area contributed by atoms with Crippen molar-refractivity contribution >= 4 is 28.1 Å². The van der Waals surface area contributed by atoms with Gasteiger partial charge in [0.1, 0.15) is 11.0 Å². The first-order valence-corrected chi connectivity index (χ1v) is 6.51. The molecule has 0 fully saturated rings. The van der Waals surface area contributed by atoms with Crippen molar-refractivity contribution in [3.8, 4) is 0 Å². The zero-order valence-corrected chi connectivity index (χ0v) is 11.3. The van der Waals surface area contributed by atoms with Crippen LogP contribution in [0.3, 0.4) is 0 Å². The van der Waals surface area contributed by atoms with Crippen molar-refractivity contribution in [3.63, 3.8) is 0 Å². The Hall–Kier alpha value is -1.17. The first-order valence-electron chi connectivity index (χ1n) is 5.32. The molecule has 2 rings (SSSR count). The van der Waals surface area contributed by atoms with Gasteiger partial charge in [0.05, 0.1) is 11.5 Å². The predicted molar refractivity (Wildman–Crippen MR) is 71.6 cm³/mol. The van der Waals surface area contributed by atoms with Crippen LogP contribution in [0.25, 0.3) is 0 Å². The molecule has 1 heterocycles. The van der Waals surface area contributed by atoms with E-state index >= 15 is 0 Å². The van der Waals surface area contributed by atoms with Gasteiger partial charge in [-0.1, -0.05) is 35.1 Å². The van der Waals surface area contributed by atoms with Crippen LogP contribution in [0.5, 0.6) is 0 Å². The van der Waals surface area contributed by atoms with Crippen molar-refractivity contribution in [2.24, 2.45) is 0 Å². The van der Waals surface area contributed by atoms with Crippen LogP contribution < -0.4 is 4.90 Å². The van der Waals surface area contributed by atoms with Gasteiger partial charge >= 0.3 is 0 Å². The molecule has 0 saturated heterocycles. The molecule has 96 valence electrons. The number of anilines is 1. The monoisotopic (exact) mass is 286 g/mol. The molecule has 0 bridgehead atoms. The summed E-state index contributed by atoms with van der Waals surface area (Å²) in [5, 5.41) is 10.1. The lowest BCUT2D eigenvalue weighted by Crippen LogP contribution is -2.15. The molecular formula is C12H12ClFN2OS. The molecule has 0 atom stereocenters. The molecule has 0 radical (unpaired) electrons. The molecule has 0 aliphatic rings. The molecule has 0 aliphatic carbocycles. The molecule has 6 heteroatoms. The first-order chi connectivity index (χ1) is 8.60. The molecule has 3 nitrogen and oxygen atoms in total. The smallest absolute Gasteiger partial charge is 0.187 e. The summed E-state index contributed by atoms with van der Waals surface area (Å²) in [5.74, 6) is -0.249. The van der Waals surface area contributed by atoms with Gasteiger partial charge in [0.15, 0.2) is 5.13 Å². The third-order valence-corrected chi connectivity index (χ3v) is 4.02. The number of aliphatic hydroxyl groups is 1. The lowest BCUT2D eigenvalue weighted by atomic mass is 10.2. The van der Waals surface area contributed by atoms with Crippen LogP contribution >= 0.6 is 22.9 Å². The van der Waals surface area contributed by atoms with Crippen LogP contribution in [0, 0.1) is 5.82 Å². The summed E-state index contributed by atoms with van der Waals surface area (Å²) < 4.78 is 12.8. The first kappa shape index (κ1) is 13.3. The topological polar surface area (TPSA) is 36.4 Å². The van der Waals surface area contributed by atoms with E-state index in [1.54, 1.807) is 12.1 Å². The van der Waals surface area contributed by atoms with E-state index < -0.39 is 0 Å². The van der Waals surface area contributed by atoms with Gasteiger partial charge in [-0.3, -0.25) is 0 Å². The molecule has 0 unspecified atom stereocenters. The van der Waals surface area contributed by atoms with Crippen molar-refractivity contribution < 1.29 is 9.50 Å². The van der Waals surface area contributed by atoms with Gasteiger partial charge < -0.3 is 10.0 Å². The Morgan fingerprint density at radius 1 is 1.39 bits per heavy atom. The van der Waals surface area contributed by atoms with Crippen LogP contribution in [-0.4, -0.2) is 17.1 Å². The quantitative estimate of drug-likeness (QED) is 0.938. The summed E-state index contributed by atoms with van der Waals surface area (Å²) in [7, 11) is 1.87. The van der Waals surface area contributed by atoms with Crippen LogP contribution in [0.2, 0.25) is 5.15 Å². The van der Waals surface area contributed by atoms with Crippen molar-refractivity contribution in [2.45, 2.75) is 13.2 Å². The molecule has 1 aromatic carbocycles. The van der Waals surface area contributed by atoms with Crippen LogP contribution in [-0.2, 0) is 13.2 Å². The van der Waals surface area contributed by atoms with Crippen molar-refractivity contribution in [1.82, 2.24) is 4.98 Å². The number of aliphatic hydroxyl groups excluding tert-OH is 1. The number of aromatic nitrogens is 1. The summed E-state index contributed by atoms with van der Waals surface area (Å²) in [4.78, 5) is 6.73. The molecule has 0 spiro atoms. The number of halogens is 2. The van der Waals surface area contributed by atoms with E-state index in [1.165, 1.54) is 23.5 Å². The highest BCUT2D eigenvalue weighted by Gasteiger charge is 2.12. The van der Waals surface area contributed by atoms with Crippen LogP contribution in [0.4, 0.5) is 9.52 Å². The normalized spacial score (nSPS) is 10.7. The molecule has 0 amide bonds. The van der Waals surface area contributed by atoms with Gasteiger partial charge in [0, 0.05) is 13.6 Å². The van der Waals surface area contributed by atoms with Crippen LogP contribution in [0.1, 0.15) is 10.4 Å². The van der Waals surface area contributed by atoms with E-state index in [9.17, 15) is 4.39 Å². The van der Waals surface area contributed by atoms with E-state index in [2.05, 4.69) is 4.98 Å². The Morgan fingerprint density at radius 2 is 2.06 bits per heavy atom. The number of benzene rings is 1. The maximum Gasteiger partial charge on any atom is 0.187 e. The number of rotatable bonds is 4. The second-order valence-corrected chi connectivity index (χ2v) is 5.27. The van der Waals surface area contributed by atoms with Gasteiger partial charge in [-0.05, 0) is 17.7 Å². The fraction of sp³-hybridized carbons (Fsp3) is 0.250. The van der Waals surface area contributed by atoms with Gasteiger partial charge in [-0.2, -0.15) is 0 Å². The Labute approximate surface area is 113 Å². The van der Waals surface area contributed by atoms with Gasteiger partial charge in [0.25, 0.3) is 0 Å². The number of thiazole rings is 1. The lowest BCUT2D eigenvalue weighted by Gasteiger charge is -2.15. The Bertz CT molecular complexity index is 529. The lowest BCUT2D eigenvalue weighted by molar-refractivity contribution is 0.285. The average Bonchev–Trinajstić information content (AvgIpc) is 2.73. The minimum Gasteiger partial charge on any atom is -0.391 e. The van der Waals surface area contributed by atoms with E-state index in [-0.39, 0.29) is 12.4 Å². The number of hydrogen-bond donors (Lipinski definition) is 1. The second-order valence-electron chi connectivity index (χ2n) is 3.85. The van der Waals surface area contributed by atoms with E-state index in [0.717, 1.165) is 10.7 Å². The maximum atomic E-state index is 12.8. The molecule has 18 heavy (non-hydrogen) atoms. The Kier molecular flexibility index (Phi) is 4.16. The van der Waals surface area contributed by atoms with Gasteiger partial charge in [0.2, 0.25) is 0 Å². The van der Waals surface area contributed by atoms with Crippen LogP contribution in [0.15, 0.2) is 24.3 Å². The highest BCUT2D eigenvalue weighted by atomic mass is 35.5. The number of nitrogens with zero attached hydrogens (tertiary/aromatic N) is 2. The second kappa shape index (κ2) is 5.65. The number of hydrogen-bond acceptors (Lipinski definition) is 4. The largest absolute Gasteiger partial charge is 0.391 e. The third kappa shape index (κ3) is 2.98. The van der Waals surface area contributed by atoms with E-state index in [0.29, 0.717) is 16.6 Å². The molecule has 0 aliphatic heterocycles. The highest BCUT2D eigenvalue weighted by Crippen LogP contribution is 2.29. The summed E-state index contributed by atoms with van der Waals surface area (Å²) in [6, 6.07) is 6.32. The maximum absolute atomic E-state index is 12.8. The fourth-order valence-electron chi connectivity index (χ4n) is 1.51. The fourth-order valence-corrected chi connectivity index (χ4v) is 2.59. The van der Waals surface area contributed by atoms with Gasteiger partial charge in [-0.15, -0.1) is 0 Å². The molecule has 1 aromatic heterocycles. The average molecular weight is 287 g/mol. The molecule has 1 N–H and O–H groups in total. The predicted octanol–water partition coefficient (Wildman–Crippen LogP) is 3.06. The molecule has 0 saturated carbocycles. The van der Waals surface area contributed by atoms with Crippen molar-refractivity contribution in [3.05, 3.63) is 45.7 Å². The van der Waals surface area contributed by atoms with Gasteiger partial charge in [-0.25, -0.2) is 9.37 Å². The van der Waals surface area contributed by atoms with E-state index in [1.807, 2.05) is 11.9 Å². The van der Waals surface area contributed by atoms with Crippen molar-refractivity contribution in [2.75, 3.05) is 11.9 Å². The Balaban J connectivity index is 2.11. The minimum absolute atomic E-state index is 0.110. The van der Waals surface area contributed by atoms with Crippen molar-refractivity contribution in [1.29, 1.82) is 0 Å².